The summed E-state index contributed by atoms with van der Waals surface area (Å²) in [6, 6.07) is 0. The molecule has 9 nitrogen and oxygen atoms in total. The summed E-state index contributed by atoms with van der Waals surface area (Å²) in [5.41, 5.74) is 5.36. The maximum absolute atomic E-state index is 12.6. The Morgan fingerprint density at radius 1 is 0.509 bits per heavy atom. The molecule has 0 spiro atoms. The van der Waals surface area contributed by atoms with Gasteiger partial charge in [0.15, 0.2) is 6.10 Å². The van der Waals surface area contributed by atoms with Gasteiger partial charge in [-0.05, 0) is 38.5 Å². The van der Waals surface area contributed by atoms with Crippen molar-refractivity contribution in [3.63, 3.8) is 0 Å². The number of hydrogen-bond donors (Lipinski definition) is 2. The summed E-state index contributed by atoms with van der Waals surface area (Å²) >= 11 is 0. The molecule has 0 saturated heterocycles. The third-order valence-corrected chi connectivity index (χ3v) is 11.6. The zero-order valence-corrected chi connectivity index (χ0v) is 38.2. The summed E-state index contributed by atoms with van der Waals surface area (Å²) in [4.78, 5) is 35.0. The van der Waals surface area contributed by atoms with E-state index < -0.39 is 26.5 Å². The molecule has 0 amide bonds. The molecule has 338 valence electrons. The zero-order valence-electron chi connectivity index (χ0n) is 37.3. The second kappa shape index (κ2) is 44.3. The van der Waals surface area contributed by atoms with Gasteiger partial charge in [0.05, 0.1) is 13.2 Å². The lowest BCUT2D eigenvalue weighted by Gasteiger charge is -2.19. The number of unbranched alkanes of at least 4 members (excludes halogenated alkanes) is 31. The zero-order chi connectivity index (χ0) is 41.8. The fourth-order valence-electron chi connectivity index (χ4n) is 7.04. The van der Waals surface area contributed by atoms with Gasteiger partial charge in [0.1, 0.15) is 6.61 Å². The van der Waals surface area contributed by atoms with Gasteiger partial charge in [-0.15, -0.1) is 0 Å². The molecule has 0 bridgehead atoms. The molecule has 0 heterocycles. The molecule has 0 aromatic rings. The Balaban J connectivity index is 4.05. The Morgan fingerprint density at radius 2 is 0.860 bits per heavy atom. The molecule has 2 atom stereocenters. The van der Waals surface area contributed by atoms with Crippen LogP contribution in [0, 0.1) is 0 Å². The van der Waals surface area contributed by atoms with Crippen LogP contribution in [-0.4, -0.2) is 49.3 Å². The molecule has 0 rings (SSSR count). The molecule has 0 aliphatic carbocycles. The van der Waals surface area contributed by atoms with Gasteiger partial charge in [0, 0.05) is 19.4 Å². The lowest BCUT2D eigenvalue weighted by atomic mass is 10.0. The number of carbonyl (C=O) groups is 2. The monoisotopic (exact) mass is 830 g/mol. The normalized spacial score (nSPS) is 13.3. The van der Waals surface area contributed by atoms with E-state index in [0.717, 1.165) is 44.9 Å². The Kier molecular flexibility index (Phi) is 43.3. The lowest BCUT2D eigenvalue weighted by molar-refractivity contribution is -0.161. The van der Waals surface area contributed by atoms with Gasteiger partial charge >= 0.3 is 19.8 Å². The van der Waals surface area contributed by atoms with E-state index in [-0.39, 0.29) is 38.6 Å². The molecule has 0 aliphatic heterocycles. The standard InChI is InChI=1S/C47H92NO8P/c1-3-5-7-9-11-13-15-17-19-21-22-24-25-27-29-31-33-35-37-39-46(49)53-43-45(44-55-57(51,52)54-42-41-48)56-47(50)40-38-36-34-32-30-28-26-23-20-18-16-14-12-10-8-6-4-2/h18,20,45H,3-17,19,21-44,48H2,1-2H3,(H,51,52)/b20-18+/t45-/m1/s1. The summed E-state index contributed by atoms with van der Waals surface area (Å²) < 4.78 is 32.9. The predicted molar refractivity (Wildman–Crippen MR) is 238 cm³/mol. The Labute approximate surface area is 351 Å². The van der Waals surface area contributed by atoms with Gasteiger partial charge in [-0.2, -0.15) is 0 Å². The highest BCUT2D eigenvalue weighted by Crippen LogP contribution is 2.43. The van der Waals surface area contributed by atoms with Crippen LogP contribution in [0.4, 0.5) is 0 Å². The number of phosphoric acid groups is 1. The number of hydrogen-bond acceptors (Lipinski definition) is 8. The maximum atomic E-state index is 12.6. The highest BCUT2D eigenvalue weighted by molar-refractivity contribution is 7.47. The first-order valence-corrected chi connectivity index (χ1v) is 25.7. The molecule has 0 aromatic heterocycles. The molecule has 0 aliphatic rings. The summed E-state index contributed by atoms with van der Waals surface area (Å²) in [5.74, 6) is -0.819. The van der Waals surface area contributed by atoms with Gasteiger partial charge in [-0.1, -0.05) is 206 Å². The second-order valence-electron chi connectivity index (χ2n) is 16.3. The molecule has 10 heteroatoms. The first kappa shape index (κ1) is 55.8. The van der Waals surface area contributed by atoms with Gasteiger partial charge in [-0.3, -0.25) is 18.6 Å². The molecule has 3 N–H and O–H groups in total. The van der Waals surface area contributed by atoms with Gasteiger partial charge in [0.25, 0.3) is 0 Å². The minimum Gasteiger partial charge on any atom is -0.462 e. The Hall–Kier alpha value is -1.25. The van der Waals surface area contributed by atoms with E-state index in [4.69, 9.17) is 24.3 Å². The average Bonchev–Trinajstić information content (AvgIpc) is 3.20. The van der Waals surface area contributed by atoms with Crippen LogP contribution in [0.1, 0.15) is 245 Å². The fourth-order valence-corrected chi connectivity index (χ4v) is 7.81. The van der Waals surface area contributed by atoms with Crippen molar-refractivity contribution in [3.8, 4) is 0 Å². The van der Waals surface area contributed by atoms with Crippen LogP contribution in [0.2, 0.25) is 0 Å². The van der Waals surface area contributed by atoms with E-state index in [0.29, 0.717) is 6.42 Å². The molecule has 0 radical (unpaired) electrons. The van der Waals surface area contributed by atoms with Crippen molar-refractivity contribution in [2.45, 2.75) is 251 Å². The summed E-state index contributed by atoms with van der Waals surface area (Å²) in [6.07, 6.45) is 46.7. The van der Waals surface area contributed by atoms with Crippen LogP contribution >= 0.6 is 7.82 Å². The predicted octanol–water partition coefficient (Wildman–Crippen LogP) is 14.2. The molecule has 0 fully saturated rings. The minimum absolute atomic E-state index is 0.0557. The van der Waals surface area contributed by atoms with Crippen LogP contribution in [0.5, 0.6) is 0 Å². The van der Waals surface area contributed by atoms with Crippen molar-refractivity contribution in [2.75, 3.05) is 26.4 Å². The molecular weight excluding hydrogens is 737 g/mol. The van der Waals surface area contributed by atoms with E-state index in [9.17, 15) is 19.0 Å². The SMILES string of the molecule is CCCCCCCC/C=C/CCCCCCCCCC(=O)O[C@H](COC(=O)CCCCCCCCCCCCCCCCCCCCC)COP(=O)(O)OCCN. The summed E-state index contributed by atoms with van der Waals surface area (Å²) in [6.45, 7) is 3.77. The second-order valence-corrected chi connectivity index (χ2v) is 17.8. The molecule has 57 heavy (non-hydrogen) atoms. The summed E-state index contributed by atoms with van der Waals surface area (Å²) in [5, 5.41) is 0. The maximum Gasteiger partial charge on any atom is 0.472 e. The average molecular weight is 830 g/mol. The highest BCUT2D eigenvalue weighted by Gasteiger charge is 2.26. The molecular formula is C47H92NO8P. The number of nitrogens with two attached hydrogens (primary N) is 1. The number of ether oxygens (including phenoxy) is 2. The number of carbonyl (C=O) groups excluding carboxylic acids is 2. The van der Waals surface area contributed by atoms with Gasteiger partial charge in [-0.25, -0.2) is 4.57 Å². The van der Waals surface area contributed by atoms with Crippen molar-refractivity contribution >= 4 is 19.8 Å². The Morgan fingerprint density at radius 3 is 1.25 bits per heavy atom. The van der Waals surface area contributed by atoms with Crippen LogP contribution in [0.25, 0.3) is 0 Å². The number of phosphoric ester groups is 1. The first-order valence-electron chi connectivity index (χ1n) is 24.2. The van der Waals surface area contributed by atoms with E-state index in [1.54, 1.807) is 0 Å². The van der Waals surface area contributed by atoms with Crippen molar-refractivity contribution in [3.05, 3.63) is 12.2 Å². The van der Waals surface area contributed by atoms with Gasteiger partial charge < -0.3 is 20.1 Å². The lowest BCUT2D eigenvalue weighted by Crippen LogP contribution is -2.29. The molecule has 0 saturated carbocycles. The Bertz CT molecular complexity index is 948. The van der Waals surface area contributed by atoms with Crippen molar-refractivity contribution in [2.24, 2.45) is 5.73 Å². The van der Waals surface area contributed by atoms with Crippen LogP contribution in [0.15, 0.2) is 12.2 Å². The van der Waals surface area contributed by atoms with E-state index in [2.05, 4.69) is 26.0 Å². The number of rotatable bonds is 46. The van der Waals surface area contributed by atoms with Gasteiger partial charge in [0.2, 0.25) is 0 Å². The quantitative estimate of drug-likeness (QED) is 0.0266. The minimum atomic E-state index is -4.38. The number of allylic oxidation sites excluding steroid dienone is 2. The largest absolute Gasteiger partial charge is 0.472 e. The number of esters is 2. The van der Waals surface area contributed by atoms with Crippen LogP contribution < -0.4 is 5.73 Å². The van der Waals surface area contributed by atoms with E-state index in [1.807, 2.05) is 0 Å². The van der Waals surface area contributed by atoms with E-state index in [1.165, 1.54) is 167 Å². The third-order valence-electron chi connectivity index (χ3n) is 10.7. The molecule has 0 aromatic carbocycles. The van der Waals surface area contributed by atoms with Crippen molar-refractivity contribution in [1.82, 2.24) is 0 Å². The first-order chi connectivity index (χ1) is 27.8. The fraction of sp³-hybridized carbons (Fsp3) is 0.915. The van der Waals surface area contributed by atoms with Crippen LogP contribution in [-0.2, 0) is 32.7 Å². The van der Waals surface area contributed by atoms with Crippen molar-refractivity contribution in [1.29, 1.82) is 0 Å². The summed E-state index contributed by atoms with van der Waals surface area (Å²) in [7, 11) is -4.38. The smallest absolute Gasteiger partial charge is 0.462 e. The highest BCUT2D eigenvalue weighted by atomic mass is 31.2. The third kappa shape index (κ3) is 44.1. The van der Waals surface area contributed by atoms with E-state index >= 15 is 0 Å². The van der Waals surface area contributed by atoms with Crippen LogP contribution in [0.3, 0.4) is 0 Å². The molecule has 1 unspecified atom stereocenters. The van der Waals surface area contributed by atoms with Crippen molar-refractivity contribution < 1.29 is 37.6 Å². The topological polar surface area (TPSA) is 134 Å².